The Morgan fingerprint density at radius 1 is 0.833 bits per heavy atom. The number of nitrogens with zero attached hydrogens (tertiary/aromatic N) is 2. The Labute approximate surface area is 308 Å². The lowest BCUT2D eigenvalue weighted by atomic mass is 9.95. The molecule has 4 aromatic rings. The molecule has 2 amide bonds. The summed E-state index contributed by atoms with van der Waals surface area (Å²) in [5, 5.41) is 53.6. The minimum Gasteiger partial charge on any atom is -0.508 e. The first-order valence-electron chi connectivity index (χ1n) is 16.3. The maximum atomic E-state index is 13.9. The second kappa shape index (κ2) is 15.6. The van der Waals surface area contributed by atoms with Gasteiger partial charge in [0, 0.05) is 38.3 Å². The molecule has 16 nitrogen and oxygen atoms in total. The Balaban J connectivity index is 1.43. The highest BCUT2D eigenvalue weighted by atomic mass is 32.2. The molecular weight excluding hydrogens is 726 g/mol. The summed E-state index contributed by atoms with van der Waals surface area (Å²) in [5.41, 5.74) is -2.01. The fourth-order valence-corrected chi connectivity index (χ4v) is 7.39. The van der Waals surface area contributed by atoms with Crippen LogP contribution in [0.4, 0.5) is 5.69 Å². The van der Waals surface area contributed by atoms with E-state index in [-0.39, 0.29) is 48.0 Å². The number of ketones is 1. The Hall–Kier alpha value is -6.46. The number of rotatable bonds is 10. The van der Waals surface area contributed by atoms with Crippen LogP contribution >= 0.6 is 0 Å². The molecule has 0 unspecified atom stereocenters. The fourth-order valence-electron chi connectivity index (χ4n) is 5.88. The van der Waals surface area contributed by atoms with Crippen molar-refractivity contribution in [1.29, 1.82) is 0 Å². The first-order chi connectivity index (χ1) is 25.5. The summed E-state index contributed by atoms with van der Waals surface area (Å²) >= 11 is 0. The topological polar surface area (TPSA) is 248 Å². The molecule has 2 atom stereocenters. The smallest absolute Gasteiger partial charge is 0.338 e. The molecule has 1 aliphatic rings. The predicted molar refractivity (Wildman–Crippen MR) is 190 cm³/mol. The van der Waals surface area contributed by atoms with E-state index in [2.05, 4.69) is 5.32 Å². The summed E-state index contributed by atoms with van der Waals surface area (Å²) in [5.74, 6) is -7.61. The van der Waals surface area contributed by atoms with Gasteiger partial charge in [-0.3, -0.25) is 14.4 Å². The number of nitrogens with one attached hydrogen (secondary N) is 1. The van der Waals surface area contributed by atoms with E-state index >= 15 is 0 Å². The minimum atomic E-state index is -4.20. The van der Waals surface area contributed by atoms with Crippen molar-refractivity contribution in [1.82, 2.24) is 9.62 Å². The van der Waals surface area contributed by atoms with Crippen molar-refractivity contribution < 1.29 is 62.7 Å². The molecule has 5 rings (SSSR count). The fraction of sp³-hybridized carbons (Fsp3) is 0.216. The van der Waals surface area contributed by atoms with Gasteiger partial charge in [-0.1, -0.05) is 6.07 Å². The van der Waals surface area contributed by atoms with Crippen LogP contribution in [0.3, 0.4) is 0 Å². The van der Waals surface area contributed by atoms with Crippen molar-refractivity contribution in [2.45, 2.75) is 36.8 Å². The monoisotopic (exact) mass is 761 g/mol. The van der Waals surface area contributed by atoms with Crippen LogP contribution in [0.25, 0.3) is 0 Å². The molecule has 0 aromatic heterocycles. The highest BCUT2D eigenvalue weighted by Gasteiger charge is 2.37. The minimum absolute atomic E-state index is 0.0416. The van der Waals surface area contributed by atoms with Gasteiger partial charge in [0.15, 0.2) is 0 Å². The number of carbonyl (C=O) groups excluding carboxylic acids is 4. The number of phenols is 4. The number of anilines is 1. The summed E-state index contributed by atoms with van der Waals surface area (Å²) in [6, 6.07) is 14.5. The largest absolute Gasteiger partial charge is 0.508 e. The number of benzene rings is 4. The second-order valence-corrected chi connectivity index (χ2v) is 14.3. The molecule has 0 bridgehead atoms. The first kappa shape index (κ1) is 38.8. The van der Waals surface area contributed by atoms with Crippen molar-refractivity contribution in [2.75, 3.05) is 25.0 Å². The van der Waals surface area contributed by atoms with Crippen LogP contribution in [0.2, 0.25) is 0 Å². The lowest BCUT2D eigenvalue weighted by molar-refractivity contribution is -0.116. The molecule has 0 radical (unpaired) electrons. The van der Waals surface area contributed by atoms with E-state index in [0.717, 1.165) is 28.6 Å². The summed E-state index contributed by atoms with van der Waals surface area (Å²) in [7, 11) is -2.66. The molecule has 1 fully saturated rings. The third-order valence-electron chi connectivity index (χ3n) is 8.84. The van der Waals surface area contributed by atoms with Crippen LogP contribution in [-0.4, -0.2) is 100 Å². The molecule has 0 saturated carbocycles. The van der Waals surface area contributed by atoms with E-state index in [1.165, 1.54) is 73.5 Å². The van der Waals surface area contributed by atoms with Crippen molar-refractivity contribution in [3.63, 3.8) is 0 Å². The number of esters is 1. The van der Waals surface area contributed by atoms with Gasteiger partial charge in [-0.2, -0.15) is 4.31 Å². The van der Waals surface area contributed by atoms with Crippen LogP contribution in [0.15, 0.2) is 83.8 Å². The van der Waals surface area contributed by atoms with Gasteiger partial charge in [-0.15, -0.1) is 0 Å². The van der Waals surface area contributed by atoms with Gasteiger partial charge in [-0.25, -0.2) is 18.0 Å². The average Bonchev–Trinajstić information content (AvgIpc) is 3.33. The summed E-state index contributed by atoms with van der Waals surface area (Å²) in [4.78, 5) is 64.8. The van der Waals surface area contributed by atoms with Gasteiger partial charge in [0.25, 0.3) is 5.91 Å². The third kappa shape index (κ3) is 8.11. The zero-order chi connectivity index (χ0) is 39.5. The van der Waals surface area contributed by atoms with E-state index in [1.54, 1.807) is 0 Å². The second-order valence-electron chi connectivity index (χ2n) is 12.4. The third-order valence-corrected chi connectivity index (χ3v) is 10.7. The molecule has 6 N–H and O–H groups in total. The number of carbonyl (C=O) groups is 5. The quantitative estimate of drug-likeness (QED) is 0.100. The lowest BCUT2D eigenvalue weighted by Crippen LogP contribution is -2.51. The molecule has 1 aliphatic heterocycles. The molecule has 4 aromatic carbocycles. The Kier molecular flexibility index (Phi) is 11.2. The highest BCUT2D eigenvalue weighted by Crippen LogP contribution is 2.35. The van der Waals surface area contributed by atoms with Gasteiger partial charge >= 0.3 is 11.9 Å². The average molecular weight is 762 g/mol. The maximum Gasteiger partial charge on any atom is 0.338 e. The van der Waals surface area contributed by atoms with Gasteiger partial charge in [0.05, 0.1) is 27.6 Å². The predicted octanol–water partition coefficient (Wildman–Crippen LogP) is 3.23. The highest BCUT2D eigenvalue weighted by molar-refractivity contribution is 7.89. The van der Waals surface area contributed by atoms with Crippen molar-refractivity contribution in [3.05, 3.63) is 107 Å². The molecular formula is C37H35N3O13S. The molecule has 282 valence electrons. The number of sulfonamides is 1. The van der Waals surface area contributed by atoms with Crippen molar-refractivity contribution >= 4 is 45.2 Å². The maximum absolute atomic E-state index is 13.9. The van der Waals surface area contributed by atoms with E-state index in [9.17, 15) is 57.9 Å². The zero-order valence-electron chi connectivity index (χ0n) is 28.8. The molecule has 1 heterocycles. The van der Waals surface area contributed by atoms with E-state index in [4.69, 9.17) is 4.74 Å². The summed E-state index contributed by atoms with van der Waals surface area (Å²) in [6.07, 6.45) is -0.972. The van der Waals surface area contributed by atoms with Gasteiger partial charge < -0.3 is 40.5 Å². The Morgan fingerprint density at radius 3 is 2.06 bits per heavy atom. The van der Waals surface area contributed by atoms with Crippen molar-refractivity contribution in [2.24, 2.45) is 0 Å². The number of aromatic hydroxyl groups is 4. The van der Waals surface area contributed by atoms with Crippen molar-refractivity contribution in [3.8, 4) is 23.0 Å². The van der Waals surface area contributed by atoms with E-state index in [0.29, 0.717) is 5.69 Å². The van der Waals surface area contributed by atoms with Crippen LogP contribution in [-0.2, 0) is 19.6 Å². The lowest BCUT2D eigenvalue weighted by Gasteiger charge is -2.29. The standard InChI is InChI=1S/C37H35N3O13S/c1-20(41)39(2)23-10-14-25(15-11-23)54(51,52)40-16-4-7-31(27(19-40)38-35(47)21-8-12-24(42)13-9-21)53-37(50)22-17-29(44)33(30(45)18-22)34(46)32-26(36(48)49)5-3-6-28(32)43/h3,5-6,8-15,17-18,27,31,42-45H,4,7,16,19H2,1-2H3,(H,38,47)(H,48,49)/t27-,31-/m0/s1. The zero-order valence-corrected chi connectivity index (χ0v) is 29.6. The summed E-state index contributed by atoms with van der Waals surface area (Å²) in [6.45, 7) is 0.950. The molecule has 0 spiro atoms. The Morgan fingerprint density at radius 2 is 1.46 bits per heavy atom. The molecule has 1 saturated heterocycles. The molecule has 17 heteroatoms. The SMILES string of the molecule is CC(=O)N(C)c1ccc(S(=O)(=O)N2CCC[C@H](OC(=O)c3cc(O)c(C(=O)c4c(O)cccc4C(=O)O)c(O)c3)[C@@H](NC(=O)c3ccc(O)cc3)C2)cc1. The normalized spacial score (nSPS) is 16.1. The number of ether oxygens (including phenoxy) is 1. The number of hydrogen-bond acceptors (Lipinski definition) is 12. The van der Waals surface area contributed by atoms with Crippen LogP contribution < -0.4 is 10.2 Å². The van der Waals surface area contributed by atoms with Gasteiger partial charge in [-0.05, 0) is 85.6 Å². The number of amides is 2. The summed E-state index contributed by atoms with van der Waals surface area (Å²) < 4.78 is 34.6. The first-order valence-corrected chi connectivity index (χ1v) is 17.7. The van der Waals surface area contributed by atoms with Crippen LogP contribution in [0.5, 0.6) is 23.0 Å². The number of carboxylic acids is 1. The van der Waals surface area contributed by atoms with E-state index in [1.807, 2.05) is 0 Å². The van der Waals surface area contributed by atoms with Crippen LogP contribution in [0.1, 0.15) is 66.8 Å². The number of aromatic carboxylic acids is 1. The van der Waals surface area contributed by atoms with E-state index < -0.39 is 85.3 Å². The molecule has 0 aliphatic carbocycles. The number of carboxylic acid groups (broad SMARTS) is 1. The van der Waals surface area contributed by atoms with Gasteiger partial charge in [0.1, 0.15) is 34.7 Å². The number of hydrogen-bond donors (Lipinski definition) is 6. The number of phenolic OH excluding ortho intramolecular Hbond substituents is 4. The van der Waals surface area contributed by atoms with Crippen LogP contribution in [0, 0.1) is 0 Å². The Bertz CT molecular complexity index is 2220. The van der Waals surface area contributed by atoms with Gasteiger partial charge in [0.2, 0.25) is 21.7 Å². The molecule has 54 heavy (non-hydrogen) atoms.